The Morgan fingerprint density at radius 2 is 1.73 bits per heavy atom. The van der Waals surface area contributed by atoms with Crippen LogP contribution < -0.4 is 10.6 Å². The summed E-state index contributed by atoms with van der Waals surface area (Å²) in [5.41, 5.74) is 2.52. The first-order valence-electron chi connectivity index (χ1n) is 6.58. The van der Waals surface area contributed by atoms with Crippen LogP contribution in [-0.4, -0.2) is 5.11 Å². The highest BCUT2D eigenvalue weighted by atomic mass is 32.1. The van der Waals surface area contributed by atoms with Crippen molar-refractivity contribution in [2.75, 3.05) is 10.6 Å². The maximum atomic E-state index is 12.7. The third-order valence-corrected chi connectivity index (χ3v) is 3.28. The normalized spacial score (nSPS) is 11.1. The van der Waals surface area contributed by atoms with Crippen LogP contribution >= 0.6 is 12.2 Å². The Labute approximate surface area is 132 Å². The van der Waals surface area contributed by atoms with E-state index in [0.29, 0.717) is 0 Å². The van der Waals surface area contributed by atoms with Gasteiger partial charge >= 0.3 is 6.18 Å². The summed E-state index contributed by atoms with van der Waals surface area (Å²) >= 11 is 5.14. The van der Waals surface area contributed by atoms with Gasteiger partial charge in [-0.2, -0.15) is 13.2 Å². The molecule has 0 unspecified atom stereocenters. The van der Waals surface area contributed by atoms with E-state index < -0.39 is 11.7 Å². The molecule has 2 aromatic carbocycles. The van der Waals surface area contributed by atoms with Crippen LogP contribution in [0.4, 0.5) is 24.5 Å². The van der Waals surface area contributed by atoms with Gasteiger partial charge < -0.3 is 10.6 Å². The molecule has 0 heterocycles. The van der Waals surface area contributed by atoms with Crippen molar-refractivity contribution in [1.82, 2.24) is 0 Å². The van der Waals surface area contributed by atoms with Gasteiger partial charge in [0.2, 0.25) is 0 Å². The first kappa shape index (κ1) is 16.3. The van der Waals surface area contributed by atoms with E-state index >= 15 is 0 Å². The molecule has 0 aromatic heterocycles. The third kappa shape index (κ3) is 4.21. The first-order chi connectivity index (χ1) is 10.3. The zero-order chi connectivity index (χ0) is 16.3. The predicted octanol–water partition coefficient (Wildman–Crippen LogP) is 5.13. The maximum Gasteiger partial charge on any atom is 0.416 e. The van der Waals surface area contributed by atoms with Gasteiger partial charge in [0.15, 0.2) is 5.11 Å². The molecular formula is C16H15F3N2S. The second-order valence-electron chi connectivity index (χ2n) is 4.98. The van der Waals surface area contributed by atoms with E-state index in [1.165, 1.54) is 12.1 Å². The van der Waals surface area contributed by atoms with Crippen LogP contribution in [0.15, 0.2) is 42.5 Å². The summed E-state index contributed by atoms with van der Waals surface area (Å²) < 4.78 is 38.0. The van der Waals surface area contributed by atoms with Gasteiger partial charge in [-0.25, -0.2) is 0 Å². The topological polar surface area (TPSA) is 24.1 Å². The summed E-state index contributed by atoms with van der Waals surface area (Å²) in [7, 11) is 0. The molecule has 0 bridgehead atoms. The van der Waals surface area contributed by atoms with Crippen LogP contribution in [0.5, 0.6) is 0 Å². The molecule has 2 N–H and O–H groups in total. The van der Waals surface area contributed by atoms with Crippen LogP contribution in [0.3, 0.4) is 0 Å². The molecule has 116 valence electrons. The van der Waals surface area contributed by atoms with E-state index in [0.717, 1.165) is 28.9 Å². The molecule has 2 rings (SSSR count). The summed E-state index contributed by atoms with van der Waals surface area (Å²) in [6, 6.07) is 10.7. The van der Waals surface area contributed by atoms with Gasteiger partial charge in [0.25, 0.3) is 0 Å². The second kappa shape index (κ2) is 6.36. The Balaban J connectivity index is 2.09. The van der Waals surface area contributed by atoms with Crippen molar-refractivity contribution in [3.8, 4) is 0 Å². The van der Waals surface area contributed by atoms with Crippen molar-refractivity contribution < 1.29 is 13.2 Å². The Morgan fingerprint density at radius 1 is 1.00 bits per heavy atom. The highest BCUT2D eigenvalue weighted by molar-refractivity contribution is 7.80. The minimum Gasteiger partial charge on any atom is -0.332 e. The summed E-state index contributed by atoms with van der Waals surface area (Å²) in [6.07, 6.45) is -4.37. The second-order valence-corrected chi connectivity index (χ2v) is 5.38. The maximum absolute atomic E-state index is 12.7. The number of rotatable bonds is 2. The van der Waals surface area contributed by atoms with Gasteiger partial charge in [-0.3, -0.25) is 0 Å². The Bertz CT molecular complexity index is 696. The molecule has 0 saturated carbocycles. The van der Waals surface area contributed by atoms with Gasteiger partial charge in [-0.05, 0) is 55.9 Å². The highest BCUT2D eigenvalue weighted by Gasteiger charge is 2.30. The molecule has 0 spiro atoms. The number of halogens is 3. The number of aryl methyl sites for hydroxylation is 2. The van der Waals surface area contributed by atoms with Crippen LogP contribution in [0.1, 0.15) is 16.7 Å². The molecule has 0 atom stereocenters. The van der Waals surface area contributed by atoms with Crippen molar-refractivity contribution in [3.63, 3.8) is 0 Å². The molecule has 2 nitrogen and oxygen atoms in total. The van der Waals surface area contributed by atoms with E-state index in [2.05, 4.69) is 10.6 Å². The Hall–Kier alpha value is -2.08. The van der Waals surface area contributed by atoms with Crippen molar-refractivity contribution >= 4 is 28.7 Å². The minimum absolute atomic E-state index is 0.242. The molecule has 0 amide bonds. The fourth-order valence-electron chi connectivity index (χ4n) is 2.01. The third-order valence-electron chi connectivity index (χ3n) is 3.08. The van der Waals surface area contributed by atoms with E-state index in [4.69, 9.17) is 12.2 Å². The predicted molar refractivity (Wildman–Crippen MR) is 87.2 cm³/mol. The average Bonchev–Trinajstić information content (AvgIpc) is 2.41. The van der Waals surface area contributed by atoms with Gasteiger partial charge in [-0.1, -0.05) is 23.8 Å². The average molecular weight is 324 g/mol. The number of benzene rings is 2. The minimum atomic E-state index is -4.37. The van der Waals surface area contributed by atoms with Crippen molar-refractivity contribution in [1.29, 1.82) is 0 Å². The van der Waals surface area contributed by atoms with Gasteiger partial charge in [-0.15, -0.1) is 0 Å². The lowest BCUT2D eigenvalue weighted by molar-refractivity contribution is -0.137. The molecular weight excluding hydrogens is 309 g/mol. The standard InChI is InChI=1S/C16H15F3N2S/c1-10-6-7-14(11(2)8-10)21-15(22)20-13-5-3-4-12(9-13)16(17,18)19/h3-9H,1-2H3,(H2,20,21,22). The summed E-state index contributed by atoms with van der Waals surface area (Å²) in [5, 5.41) is 5.99. The molecule has 2 aromatic rings. The van der Waals surface area contributed by atoms with E-state index in [1.807, 2.05) is 32.0 Å². The lowest BCUT2D eigenvalue weighted by Crippen LogP contribution is -2.20. The molecule has 0 radical (unpaired) electrons. The largest absolute Gasteiger partial charge is 0.416 e. The van der Waals surface area contributed by atoms with Gasteiger partial charge in [0.05, 0.1) is 5.56 Å². The number of hydrogen-bond acceptors (Lipinski definition) is 1. The summed E-state index contributed by atoms with van der Waals surface area (Å²) in [5.74, 6) is 0. The van der Waals surface area contributed by atoms with Crippen molar-refractivity contribution in [2.24, 2.45) is 0 Å². The SMILES string of the molecule is Cc1ccc(NC(=S)Nc2cccc(C(F)(F)F)c2)c(C)c1. The quantitative estimate of drug-likeness (QED) is 0.749. The fourth-order valence-corrected chi connectivity index (χ4v) is 2.24. The molecule has 0 saturated heterocycles. The molecule has 0 aliphatic rings. The molecule has 22 heavy (non-hydrogen) atoms. The number of hydrogen-bond donors (Lipinski definition) is 2. The lowest BCUT2D eigenvalue weighted by atomic mass is 10.1. The van der Waals surface area contributed by atoms with Crippen LogP contribution in [0.25, 0.3) is 0 Å². The van der Waals surface area contributed by atoms with Crippen LogP contribution in [-0.2, 0) is 6.18 Å². The Morgan fingerprint density at radius 3 is 2.36 bits per heavy atom. The molecule has 0 fully saturated rings. The van der Waals surface area contributed by atoms with E-state index in [1.54, 1.807) is 0 Å². The zero-order valence-electron chi connectivity index (χ0n) is 12.1. The van der Waals surface area contributed by atoms with Crippen molar-refractivity contribution in [3.05, 3.63) is 59.2 Å². The van der Waals surface area contributed by atoms with Crippen molar-refractivity contribution in [2.45, 2.75) is 20.0 Å². The smallest absolute Gasteiger partial charge is 0.332 e. The molecule has 0 aliphatic carbocycles. The van der Waals surface area contributed by atoms with Crippen LogP contribution in [0, 0.1) is 13.8 Å². The lowest BCUT2D eigenvalue weighted by Gasteiger charge is -2.14. The number of nitrogens with one attached hydrogen (secondary N) is 2. The summed E-state index contributed by atoms with van der Waals surface area (Å²) in [4.78, 5) is 0. The number of thiocarbonyl (C=S) groups is 1. The highest BCUT2D eigenvalue weighted by Crippen LogP contribution is 2.30. The van der Waals surface area contributed by atoms with Gasteiger partial charge in [0.1, 0.15) is 0 Å². The summed E-state index contributed by atoms with van der Waals surface area (Å²) in [6.45, 7) is 3.91. The first-order valence-corrected chi connectivity index (χ1v) is 6.99. The van der Waals surface area contributed by atoms with Gasteiger partial charge in [0, 0.05) is 11.4 Å². The van der Waals surface area contributed by atoms with Crippen LogP contribution in [0.2, 0.25) is 0 Å². The number of alkyl halides is 3. The van der Waals surface area contributed by atoms with E-state index in [9.17, 15) is 13.2 Å². The molecule has 0 aliphatic heterocycles. The fraction of sp³-hybridized carbons (Fsp3) is 0.188. The zero-order valence-corrected chi connectivity index (χ0v) is 12.9. The van der Waals surface area contributed by atoms with E-state index in [-0.39, 0.29) is 10.8 Å². The molecule has 6 heteroatoms. The monoisotopic (exact) mass is 324 g/mol. The number of anilines is 2. The Kier molecular flexibility index (Phi) is 4.71.